The minimum Gasteiger partial charge on any atom is -0.489 e. The van der Waals surface area contributed by atoms with Crippen molar-refractivity contribution < 1.29 is 14.3 Å². The molecule has 0 unspecified atom stereocenters. The van der Waals surface area contributed by atoms with E-state index in [1.165, 1.54) is 19.0 Å². The second-order valence-electron chi connectivity index (χ2n) is 8.03. The minimum absolute atomic E-state index is 0. The standard InChI is InChI=1S/C20H19N3O3.C7H8.C6H8.CH4/c1-25-20(24)12-21-19-11-18(22-14-23-19)16-7-9-17(10-8-16)26-13-15-5-3-2-4-6-15;1-7-5-3-2-4-6-7;1-3-5-6-4-2;/h2-11,14H,12-13H2,1H3,(H,21,22,23);2-6H,1H3;3-6H,1-2H2;1H4/b;;6-5-;. The molecule has 1 aromatic heterocycles. The number of ether oxygens (including phenoxy) is 2. The summed E-state index contributed by atoms with van der Waals surface area (Å²) >= 11 is 0. The SMILES string of the molecule is C.C=C/C=C\C=C.COC(=O)CNc1cc(-c2ccc(OCc3ccccc3)cc2)ncn1.Cc1ccccc1. The Morgan fingerprint density at radius 2 is 1.48 bits per heavy atom. The summed E-state index contributed by atoms with van der Waals surface area (Å²) in [5, 5.41) is 2.91. The highest BCUT2D eigenvalue weighted by molar-refractivity contribution is 5.74. The van der Waals surface area contributed by atoms with Crippen LogP contribution >= 0.6 is 0 Å². The number of anilines is 1. The van der Waals surface area contributed by atoms with Gasteiger partial charge in [-0.3, -0.25) is 4.79 Å². The second kappa shape index (κ2) is 20.1. The molecule has 0 aliphatic carbocycles. The van der Waals surface area contributed by atoms with Crippen LogP contribution in [0.5, 0.6) is 5.75 Å². The number of carbonyl (C=O) groups excluding carboxylic acids is 1. The van der Waals surface area contributed by atoms with E-state index in [4.69, 9.17) is 4.74 Å². The fourth-order valence-electron chi connectivity index (χ4n) is 3.00. The van der Waals surface area contributed by atoms with Gasteiger partial charge >= 0.3 is 5.97 Å². The fraction of sp³-hybridized carbons (Fsp3) is 0.147. The Hall–Kier alpha value is -4.97. The maximum atomic E-state index is 11.2. The average molecular weight is 538 g/mol. The van der Waals surface area contributed by atoms with Crippen LogP contribution in [0.3, 0.4) is 0 Å². The molecule has 0 atom stereocenters. The Morgan fingerprint density at radius 1 is 0.875 bits per heavy atom. The van der Waals surface area contributed by atoms with E-state index in [1.54, 1.807) is 18.2 Å². The van der Waals surface area contributed by atoms with Crippen LogP contribution in [0.25, 0.3) is 11.3 Å². The lowest BCUT2D eigenvalue weighted by Crippen LogP contribution is -2.15. The number of aryl methyl sites for hydroxylation is 1. The average Bonchev–Trinajstić information content (AvgIpc) is 2.99. The third-order valence-electron chi connectivity index (χ3n) is 5.03. The number of hydrogen-bond donors (Lipinski definition) is 1. The van der Waals surface area contributed by atoms with Crippen LogP contribution < -0.4 is 10.1 Å². The number of nitrogens with zero attached hydrogens (tertiary/aromatic N) is 2. The van der Waals surface area contributed by atoms with Gasteiger partial charge in [0.15, 0.2) is 0 Å². The van der Waals surface area contributed by atoms with Crippen molar-refractivity contribution in [3.8, 4) is 17.0 Å². The van der Waals surface area contributed by atoms with Crippen molar-refractivity contribution in [3.63, 3.8) is 0 Å². The molecule has 3 aromatic carbocycles. The number of benzene rings is 3. The van der Waals surface area contributed by atoms with E-state index in [-0.39, 0.29) is 19.9 Å². The largest absolute Gasteiger partial charge is 0.489 e. The first-order valence-corrected chi connectivity index (χ1v) is 12.4. The molecule has 6 heteroatoms. The van der Waals surface area contributed by atoms with Gasteiger partial charge in [-0.1, -0.05) is 111 Å². The zero-order chi connectivity index (χ0) is 28.1. The van der Waals surface area contributed by atoms with Gasteiger partial charge < -0.3 is 14.8 Å². The van der Waals surface area contributed by atoms with E-state index < -0.39 is 0 Å². The van der Waals surface area contributed by atoms with Crippen molar-refractivity contribution in [3.05, 3.63) is 146 Å². The van der Waals surface area contributed by atoms with Crippen molar-refractivity contribution in [1.29, 1.82) is 0 Å². The molecule has 4 rings (SSSR count). The summed E-state index contributed by atoms with van der Waals surface area (Å²) in [6.45, 7) is 9.59. The number of aromatic nitrogens is 2. The van der Waals surface area contributed by atoms with Crippen LogP contribution in [0, 0.1) is 6.92 Å². The minimum atomic E-state index is -0.356. The molecule has 0 saturated heterocycles. The highest BCUT2D eigenvalue weighted by atomic mass is 16.5. The van der Waals surface area contributed by atoms with E-state index >= 15 is 0 Å². The molecule has 0 amide bonds. The van der Waals surface area contributed by atoms with E-state index in [0.717, 1.165) is 22.6 Å². The monoisotopic (exact) mass is 537 g/mol. The molecule has 0 aliphatic heterocycles. The van der Waals surface area contributed by atoms with Crippen molar-refractivity contribution in [2.45, 2.75) is 21.0 Å². The summed E-state index contributed by atoms with van der Waals surface area (Å²) in [6, 6.07) is 29.7. The van der Waals surface area contributed by atoms with Gasteiger partial charge in [-0.15, -0.1) is 0 Å². The molecule has 0 spiro atoms. The number of rotatable bonds is 9. The topological polar surface area (TPSA) is 73.3 Å². The van der Waals surface area contributed by atoms with Gasteiger partial charge in [-0.05, 0) is 36.8 Å². The normalized spacial score (nSPS) is 9.45. The predicted octanol–water partition coefficient (Wildman–Crippen LogP) is 7.85. The molecule has 0 saturated carbocycles. The Balaban J connectivity index is 0.000000472. The summed E-state index contributed by atoms with van der Waals surface area (Å²) in [7, 11) is 1.34. The van der Waals surface area contributed by atoms with Crippen LogP contribution in [-0.4, -0.2) is 29.6 Å². The number of allylic oxidation sites excluding steroid dienone is 4. The Kier molecular flexibility index (Phi) is 16.6. The quantitative estimate of drug-likeness (QED) is 0.173. The van der Waals surface area contributed by atoms with Crippen LogP contribution in [0.15, 0.2) is 135 Å². The van der Waals surface area contributed by atoms with E-state index in [2.05, 4.69) is 52.2 Å². The van der Waals surface area contributed by atoms with E-state index in [1.807, 2.05) is 84.9 Å². The molecule has 0 fully saturated rings. The molecule has 0 aliphatic rings. The van der Waals surface area contributed by atoms with Gasteiger partial charge in [0.2, 0.25) is 0 Å². The van der Waals surface area contributed by atoms with Gasteiger partial charge in [0.05, 0.1) is 12.8 Å². The van der Waals surface area contributed by atoms with Crippen LogP contribution in [-0.2, 0) is 16.1 Å². The van der Waals surface area contributed by atoms with Gasteiger partial charge in [0, 0.05) is 11.6 Å². The third-order valence-corrected chi connectivity index (χ3v) is 5.03. The molecule has 0 radical (unpaired) electrons. The zero-order valence-electron chi connectivity index (χ0n) is 22.5. The maximum Gasteiger partial charge on any atom is 0.325 e. The highest BCUT2D eigenvalue weighted by Gasteiger charge is 2.05. The summed E-state index contributed by atoms with van der Waals surface area (Å²) < 4.78 is 10.4. The van der Waals surface area contributed by atoms with Crippen molar-refractivity contribution in [2.24, 2.45) is 0 Å². The Labute approximate surface area is 238 Å². The van der Waals surface area contributed by atoms with Crippen LogP contribution in [0.4, 0.5) is 5.82 Å². The molecule has 6 nitrogen and oxygen atoms in total. The van der Waals surface area contributed by atoms with Gasteiger partial charge in [-0.2, -0.15) is 0 Å². The smallest absolute Gasteiger partial charge is 0.325 e. The molecule has 1 N–H and O–H groups in total. The fourth-order valence-corrected chi connectivity index (χ4v) is 3.00. The number of methoxy groups -OCH3 is 1. The molecular formula is C34H39N3O3. The van der Waals surface area contributed by atoms with Gasteiger partial charge in [-0.25, -0.2) is 9.97 Å². The first kappa shape index (κ1) is 33.1. The van der Waals surface area contributed by atoms with Crippen molar-refractivity contribution in [2.75, 3.05) is 19.0 Å². The van der Waals surface area contributed by atoms with Crippen molar-refractivity contribution >= 4 is 11.8 Å². The maximum absolute atomic E-state index is 11.2. The zero-order valence-corrected chi connectivity index (χ0v) is 22.5. The summed E-state index contributed by atoms with van der Waals surface area (Å²) in [5.74, 6) is 0.991. The predicted molar refractivity (Wildman–Crippen MR) is 166 cm³/mol. The molecular weight excluding hydrogens is 498 g/mol. The molecule has 0 bridgehead atoms. The van der Waals surface area contributed by atoms with E-state index in [0.29, 0.717) is 12.4 Å². The lowest BCUT2D eigenvalue weighted by molar-refractivity contribution is -0.138. The van der Waals surface area contributed by atoms with Gasteiger partial charge in [0.25, 0.3) is 0 Å². The number of hydrogen-bond acceptors (Lipinski definition) is 6. The lowest BCUT2D eigenvalue weighted by Gasteiger charge is -2.08. The molecule has 208 valence electrons. The summed E-state index contributed by atoms with van der Waals surface area (Å²) in [4.78, 5) is 19.6. The van der Waals surface area contributed by atoms with E-state index in [9.17, 15) is 4.79 Å². The Bertz CT molecular complexity index is 1280. The molecule has 4 aromatic rings. The van der Waals surface area contributed by atoms with Crippen molar-refractivity contribution in [1.82, 2.24) is 9.97 Å². The first-order valence-electron chi connectivity index (χ1n) is 12.4. The number of carbonyl (C=O) groups is 1. The van der Waals surface area contributed by atoms with Crippen LogP contribution in [0.2, 0.25) is 0 Å². The molecule has 1 heterocycles. The lowest BCUT2D eigenvalue weighted by atomic mass is 10.1. The third kappa shape index (κ3) is 13.5. The first-order chi connectivity index (χ1) is 19.0. The summed E-state index contributed by atoms with van der Waals surface area (Å²) in [5.41, 5.74) is 4.12. The number of nitrogens with one attached hydrogen (secondary N) is 1. The highest BCUT2D eigenvalue weighted by Crippen LogP contribution is 2.22. The second-order valence-corrected chi connectivity index (χ2v) is 8.03. The van der Waals surface area contributed by atoms with Crippen LogP contribution in [0.1, 0.15) is 18.6 Å². The molecule has 40 heavy (non-hydrogen) atoms. The number of esters is 1. The Morgan fingerprint density at radius 3 is 2.00 bits per heavy atom. The summed E-state index contributed by atoms with van der Waals surface area (Å²) in [6.07, 6.45) is 8.53. The van der Waals surface area contributed by atoms with Gasteiger partial charge in [0.1, 0.15) is 31.0 Å².